The number of hydrogen-bond donors (Lipinski definition) is 0. The molecule has 0 N–H and O–H groups in total. The number of rotatable bonds is 6. The summed E-state index contributed by atoms with van der Waals surface area (Å²) >= 11 is 1.20. The van der Waals surface area contributed by atoms with E-state index in [0.29, 0.717) is 22.9 Å². The smallest absolute Gasteiger partial charge is 0.324 e. The van der Waals surface area contributed by atoms with Crippen molar-refractivity contribution in [1.82, 2.24) is 19.5 Å². The minimum Gasteiger partial charge on any atom is -0.466 e. The Morgan fingerprint density at radius 3 is 2.47 bits per heavy atom. The van der Waals surface area contributed by atoms with Crippen molar-refractivity contribution >= 4 is 27.4 Å². The van der Waals surface area contributed by atoms with Crippen molar-refractivity contribution in [2.45, 2.75) is 43.6 Å². The lowest BCUT2D eigenvalue weighted by Gasteiger charge is -2.29. The second kappa shape index (κ2) is 8.31. The van der Waals surface area contributed by atoms with Crippen molar-refractivity contribution in [3.8, 4) is 16.6 Å². The molecule has 0 aliphatic carbocycles. The van der Waals surface area contributed by atoms with Crippen molar-refractivity contribution in [1.29, 1.82) is 0 Å². The Bertz CT molecular complexity index is 1100. The van der Waals surface area contributed by atoms with Crippen LogP contribution in [0.4, 0.5) is 6.01 Å². The molecule has 0 radical (unpaired) electrons. The van der Waals surface area contributed by atoms with Gasteiger partial charge in [0.2, 0.25) is 0 Å². The quantitative estimate of drug-likeness (QED) is 0.560. The lowest BCUT2D eigenvalue weighted by molar-refractivity contribution is 0.168. The molecule has 0 amide bonds. The third kappa shape index (κ3) is 4.62. The minimum absolute atomic E-state index is 0.0437. The van der Waals surface area contributed by atoms with Gasteiger partial charge in [-0.1, -0.05) is 19.0 Å². The molecule has 1 saturated heterocycles. The van der Waals surface area contributed by atoms with E-state index < -0.39 is 9.84 Å². The summed E-state index contributed by atoms with van der Waals surface area (Å²) in [6.45, 7) is 5.60. The fourth-order valence-electron chi connectivity index (χ4n) is 3.12. The maximum absolute atomic E-state index is 11.6. The van der Waals surface area contributed by atoms with Crippen LogP contribution < -0.4 is 9.64 Å². The number of benzene rings is 1. The van der Waals surface area contributed by atoms with Crippen LogP contribution in [0.3, 0.4) is 0 Å². The first-order valence-corrected chi connectivity index (χ1v) is 12.4. The largest absolute Gasteiger partial charge is 0.466 e. The molecule has 0 bridgehead atoms. The van der Waals surface area contributed by atoms with Gasteiger partial charge in [0.25, 0.3) is 5.19 Å². The van der Waals surface area contributed by atoms with E-state index in [2.05, 4.69) is 24.4 Å². The molecule has 1 aromatic carbocycles. The zero-order chi connectivity index (χ0) is 21.3. The van der Waals surface area contributed by atoms with Crippen molar-refractivity contribution in [2.75, 3.05) is 24.2 Å². The number of ether oxygens (including phenoxy) is 1. The van der Waals surface area contributed by atoms with Gasteiger partial charge in [-0.05, 0) is 24.3 Å². The van der Waals surface area contributed by atoms with Crippen LogP contribution in [0.5, 0.6) is 5.19 Å². The van der Waals surface area contributed by atoms with Gasteiger partial charge in [0.15, 0.2) is 21.5 Å². The highest BCUT2D eigenvalue weighted by Crippen LogP contribution is 2.27. The lowest BCUT2D eigenvalue weighted by atomic mass is 10.1. The Morgan fingerprint density at radius 2 is 1.87 bits per heavy atom. The first-order chi connectivity index (χ1) is 14.3. The lowest BCUT2D eigenvalue weighted by Crippen LogP contribution is -2.38. The number of anilines is 1. The van der Waals surface area contributed by atoms with Gasteiger partial charge in [-0.2, -0.15) is 14.3 Å². The second-order valence-electron chi connectivity index (χ2n) is 7.57. The Labute approximate surface area is 179 Å². The van der Waals surface area contributed by atoms with Crippen LogP contribution in [0.2, 0.25) is 0 Å². The Balaban J connectivity index is 1.34. The summed E-state index contributed by atoms with van der Waals surface area (Å²) in [7, 11) is -3.23. The van der Waals surface area contributed by atoms with Gasteiger partial charge in [-0.15, -0.1) is 0 Å². The number of aromatic nitrogens is 4. The van der Waals surface area contributed by atoms with Gasteiger partial charge in [-0.3, -0.25) is 0 Å². The van der Waals surface area contributed by atoms with Gasteiger partial charge in [0.1, 0.15) is 6.10 Å². The molecule has 0 atom stereocenters. The molecular weight excluding hydrogens is 426 g/mol. The molecule has 30 heavy (non-hydrogen) atoms. The summed E-state index contributed by atoms with van der Waals surface area (Å²) < 4.78 is 38.9. The van der Waals surface area contributed by atoms with Crippen molar-refractivity contribution in [3.63, 3.8) is 0 Å². The number of piperidine rings is 1. The summed E-state index contributed by atoms with van der Waals surface area (Å²) in [5.41, 5.74) is 0.751. The summed E-state index contributed by atoms with van der Waals surface area (Å²) in [6, 6.07) is 7.09. The average Bonchev–Trinajstić information content (AvgIpc) is 3.38. The van der Waals surface area contributed by atoms with E-state index in [1.807, 2.05) is 13.8 Å². The van der Waals surface area contributed by atoms with Crippen LogP contribution in [0.1, 0.15) is 38.4 Å². The zero-order valence-electron chi connectivity index (χ0n) is 17.0. The topological polar surface area (TPSA) is 111 Å². The molecule has 9 nitrogen and oxygen atoms in total. The van der Waals surface area contributed by atoms with Crippen LogP contribution >= 0.6 is 11.5 Å². The third-order valence-corrected chi connectivity index (χ3v) is 6.61. The van der Waals surface area contributed by atoms with E-state index in [4.69, 9.17) is 9.26 Å². The molecule has 0 unspecified atom stereocenters. The molecule has 11 heteroatoms. The predicted molar refractivity (Wildman–Crippen MR) is 113 cm³/mol. The first kappa shape index (κ1) is 20.7. The molecule has 3 heterocycles. The molecule has 4 rings (SSSR count). The van der Waals surface area contributed by atoms with Gasteiger partial charge < -0.3 is 14.2 Å². The predicted octanol–water partition coefficient (Wildman–Crippen LogP) is 3.16. The van der Waals surface area contributed by atoms with Crippen LogP contribution in [-0.2, 0) is 9.84 Å². The SMILES string of the molecule is CC(C)c1noc(N2CCC(Oc3nc(-c4ccc(S(C)(=O)=O)cc4)ns3)CC2)n1. The first-order valence-electron chi connectivity index (χ1n) is 9.69. The number of nitrogens with zero attached hydrogens (tertiary/aromatic N) is 5. The number of sulfone groups is 1. The third-order valence-electron chi connectivity index (χ3n) is 4.88. The molecule has 1 aliphatic rings. The Morgan fingerprint density at radius 1 is 1.17 bits per heavy atom. The summed E-state index contributed by atoms with van der Waals surface area (Å²) in [5, 5.41) is 4.53. The van der Waals surface area contributed by atoms with Crippen molar-refractivity contribution in [3.05, 3.63) is 30.1 Å². The van der Waals surface area contributed by atoms with E-state index >= 15 is 0 Å². The van der Waals surface area contributed by atoms with Gasteiger partial charge in [-0.25, -0.2) is 8.42 Å². The van der Waals surface area contributed by atoms with Crippen LogP contribution in [0.15, 0.2) is 33.7 Å². The van der Waals surface area contributed by atoms with Gasteiger partial charge in [0, 0.05) is 55.2 Å². The number of hydrogen-bond acceptors (Lipinski definition) is 10. The van der Waals surface area contributed by atoms with E-state index in [1.165, 1.54) is 17.8 Å². The normalized spacial score (nSPS) is 15.7. The fraction of sp³-hybridized carbons (Fsp3) is 0.474. The van der Waals surface area contributed by atoms with E-state index in [-0.39, 0.29) is 16.9 Å². The van der Waals surface area contributed by atoms with Crippen molar-refractivity contribution in [2.24, 2.45) is 0 Å². The highest BCUT2D eigenvalue weighted by molar-refractivity contribution is 7.90. The van der Waals surface area contributed by atoms with Crippen LogP contribution in [0.25, 0.3) is 11.4 Å². The summed E-state index contributed by atoms with van der Waals surface area (Å²) in [6.07, 6.45) is 2.86. The molecule has 0 saturated carbocycles. The zero-order valence-corrected chi connectivity index (χ0v) is 18.6. The van der Waals surface area contributed by atoms with Crippen LogP contribution in [0, 0.1) is 0 Å². The highest BCUT2D eigenvalue weighted by atomic mass is 32.2. The fourth-order valence-corrected chi connectivity index (χ4v) is 4.37. The van der Waals surface area contributed by atoms with Crippen LogP contribution in [-0.4, -0.2) is 53.4 Å². The minimum atomic E-state index is -3.23. The maximum atomic E-state index is 11.6. The molecule has 2 aromatic heterocycles. The van der Waals surface area contributed by atoms with Gasteiger partial charge >= 0.3 is 6.01 Å². The molecule has 1 fully saturated rings. The summed E-state index contributed by atoms with van der Waals surface area (Å²) in [4.78, 5) is 11.2. The Kier molecular flexibility index (Phi) is 5.74. The van der Waals surface area contributed by atoms with Gasteiger partial charge in [0.05, 0.1) is 4.90 Å². The van der Waals surface area contributed by atoms with E-state index in [9.17, 15) is 8.42 Å². The Hall–Kier alpha value is -2.53. The monoisotopic (exact) mass is 449 g/mol. The highest BCUT2D eigenvalue weighted by Gasteiger charge is 2.25. The average molecular weight is 450 g/mol. The molecule has 1 aliphatic heterocycles. The second-order valence-corrected chi connectivity index (χ2v) is 10.3. The maximum Gasteiger partial charge on any atom is 0.324 e. The standard InChI is InChI=1S/C19H23N5O4S2/c1-12(2)16-20-18(28-22-16)24-10-8-14(9-11-24)27-19-21-17(23-29-19)13-4-6-15(7-5-13)30(3,25)26/h4-7,12,14H,8-11H2,1-3H3. The molecule has 3 aromatic rings. The summed E-state index contributed by atoms with van der Waals surface area (Å²) in [5.74, 6) is 1.48. The van der Waals surface area contributed by atoms with Crippen molar-refractivity contribution < 1.29 is 17.7 Å². The van der Waals surface area contributed by atoms with E-state index in [0.717, 1.165) is 31.5 Å². The molecule has 160 valence electrons. The molecular formula is C19H23N5O4S2. The molecule has 0 spiro atoms. The van der Waals surface area contributed by atoms with E-state index in [1.54, 1.807) is 24.3 Å².